The third-order valence-corrected chi connectivity index (χ3v) is 5.27. The number of nitrogens with one attached hydrogen (secondary N) is 2. The summed E-state index contributed by atoms with van der Waals surface area (Å²) in [5.41, 5.74) is 1.38. The Bertz CT molecular complexity index is 727. The van der Waals surface area contributed by atoms with Gasteiger partial charge in [0.15, 0.2) is 5.82 Å². The molecule has 1 saturated carbocycles. The SMILES string of the molecule is O=C(NCc1nnc2n1CCCCC2)NC[C@@H]1C[C@@H]1c1ccccc1. The van der Waals surface area contributed by atoms with E-state index in [4.69, 9.17) is 0 Å². The third kappa shape index (κ3) is 3.83. The van der Waals surface area contributed by atoms with E-state index in [9.17, 15) is 4.79 Å². The highest BCUT2D eigenvalue weighted by Gasteiger charge is 2.37. The van der Waals surface area contributed by atoms with Gasteiger partial charge in [0.1, 0.15) is 5.82 Å². The van der Waals surface area contributed by atoms with E-state index < -0.39 is 0 Å². The van der Waals surface area contributed by atoms with Crippen molar-refractivity contribution in [3.05, 3.63) is 47.5 Å². The number of hydrogen-bond donors (Lipinski definition) is 2. The van der Waals surface area contributed by atoms with Crippen molar-refractivity contribution in [1.82, 2.24) is 25.4 Å². The molecule has 1 aliphatic carbocycles. The average Bonchev–Trinajstić information content (AvgIpc) is 3.38. The molecule has 1 fully saturated rings. The van der Waals surface area contributed by atoms with Crippen LogP contribution in [0.3, 0.4) is 0 Å². The molecule has 4 rings (SSSR count). The highest BCUT2D eigenvalue weighted by molar-refractivity contribution is 5.73. The van der Waals surface area contributed by atoms with Crippen LogP contribution in [0.2, 0.25) is 0 Å². The smallest absolute Gasteiger partial charge is 0.315 e. The molecular weight excluding hydrogens is 314 g/mol. The summed E-state index contributed by atoms with van der Waals surface area (Å²) in [6, 6.07) is 10.4. The topological polar surface area (TPSA) is 71.8 Å². The minimum atomic E-state index is -0.121. The Hall–Kier alpha value is -2.37. The minimum absolute atomic E-state index is 0.121. The van der Waals surface area contributed by atoms with Gasteiger partial charge in [0.05, 0.1) is 6.54 Å². The number of carbonyl (C=O) groups excluding carboxylic acids is 1. The van der Waals surface area contributed by atoms with E-state index >= 15 is 0 Å². The zero-order valence-electron chi connectivity index (χ0n) is 14.4. The van der Waals surface area contributed by atoms with Crippen molar-refractivity contribution in [2.75, 3.05) is 6.54 Å². The molecule has 2 atom stereocenters. The molecule has 25 heavy (non-hydrogen) atoms. The van der Waals surface area contributed by atoms with E-state index in [0.717, 1.165) is 44.0 Å². The molecular formula is C19H25N5O. The number of urea groups is 1. The lowest BCUT2D eigenvalue weighted by atomic mass is 10.1. The molecule has 0 radical (unpaired) electrons. The quantitative estimate of drug-likeness (QED) is 0.879. The molecule has 1 aromatic heterocycles. The highest BCUT2D eigenvalue weighted by atomic mass is 16.2. The van der Waals surface area contributed by atoms with E-state index in [-0.39, 0.29) is 6.03 Å². The number of benzene rings is 1. The first-order valence-corrected chi connectivity index (χ1v) is 9.29. The molecule has 1 aromatic carbocycles. The zero-order chi connectivity index (χ0) is 17.1. The van der Waals surface area contributed by atoms with Crippen molar-refractivity contribution in [3.63, 3.8) is 0 Å². The van der Waals surface area contributed by atoms with E-state index in [1.165, 1.54) is 18.4 Å². The summed E-state index contributed by atoms with van der Waals surface area (Å²) >= 11 is 0. The number of aromatic nitrogens is 3. The van der Waals surface area contributed by atoms with Crippen molar-refractivity contribution >= 4 is 6.03 Å². The third-order valence-electron chi connectivity index (χ3n) is 5.27. The van der Waals surface area contributed by atoms with Crippen molar-refractivity contribution < 1.29 is 4.79 Å². The van der Waals surface area contributed by atoms with Crippen LogP contribution >= 0.6 is 0 Å². The number of hydrogen-bond acceptors (Lipinski definition) is 3. The van der Waals surface area contributed by atoms with Gasteiger partial charge in [-0.15, -0.1) is 10.2 Å². The normalized spacial score (nSPS) is 21.9. The van der Waals surface area contributed by atoms with Gasteiger partial charge in [-0.2, -0.15) is 0 Å². The van der Waals surface area contributed by atoms with Crippen LogP contribution < -0.4 is 10.6 Å². The van der Waals surface area contributed by atoms with E-state index in [2.05, 4.69) is 49.7 Å². The maximum Gasteiger partial charge on any atom is 0.315 e. The molecule has 132 valence electrons. The summed E-state index contributed by atoms with van der Waals surface area (Å²) in [7, 11) is 0. The molecule has 0 saturated heterocycles. The molecule has 2 heterocycles. The molecule has 1 aliphatic heterocycles. The lowest BCUT2D eigenvalue weighted by Crippen LogP contribution is -2.37. The van der Waals surface area contributed by atoms with Crippen molar-refractivity contribution in [1.29, 1.82) is 0 Å². The zero-order valence-corrected chi connectivity index (χ0v) is 14.4. The fourth-order valence-electron chi connectivity index (χ4n) is 3.70. The van der Waals surface area contributed by atoms with Crippen LogP contribution in [0.4, 0.5) is 4.79 Å². The van der Waals surface area contributed by atoms with Crippen LogP contribution in [0.15, 0.2) is 30.3 Å². The molecule has 2 aliphatic rings. The number of carbonyl (C=O) groups is 1. The predicted octanol–water partition coefficient (Wildman–Crippen LogP) is 2.61. The number of amides is 2. The fourth-order valence-corrected chi connectivity index (χ4v) is 3.70. The van der Waals surface area contributed by atoms with E-state index in [1.807, 2.05) is 6.07 Å². The summed E-state index contributed by atoms with van der Waals surface area (Å²) in [5, 5.41) is 14.4. The van der Waals surface area contributed by atoms with Crippen molar-refractivity contribution in [2.24, 2.45) is 5.92 Å². The summed E-state index contributed by atoms with van der Waals surface area (Å²) in [6.45, 7) is 2.12. The van der Waals surface area contributed by atoms with Crippen LogP contribution in [-0.4, -0.2) is 27.3 Å². The van der Waals surface area contributed by atoms with Gasteiger partial charge in [-0.1, -0.05) is 36.8 Å². The maximum atomic E-state index is 12.1. The summed E-state index contributed by atoms with van der Waals surface area (Å²) in [5.74, 6) is 3.06. The first kappa shape index (κ1) is 16.1. The van der Waals surface area contributed by atoms with Gasteiger partial charge >= 0.3 is 6.03 Å². The predicted molar refractivity (Wildman–Crippen MR) is 95.1 cm³/mol. The standard InChI is InChI=1S/C19H25N5O/c25-19(20-12-15-11-16(15)14-7-3-1-4-8-14)21-13-18-23-22-17-9-5-2-6-10-24(17)18/h1,3-4,7-8,15-16H,2,5-6,9-13H2,(H2,20,21,25)/t15-,16+/m0/s1. The van der Waals surface area contributed by atoms with Gasteiger partial charge in [-0.3, -0.25) is 0 Å². The lowest BCUT2D eigenvalue weighted by molar-refractivity contribution is 0.239. The summed E-state index contributed by atoms with van der Waals surface area (Å²) in [4.78, 5) is 12.1. The highest BCUT2D eigenvalue weighted by Crippen LogP contribution is 2.46. The Labute approximate surface area is 148 Å². The second-order valence-corrected chi connectivity index (χ2v) is 7.07. The monoisotopic (exact) mass is 339 g/mol. The molecule has 6 nitrogen and oxygen atoms in total. The Kier molecular flexibility index (Phi) is 4.68. The van der Waals surface area contributed by atoms with Gasteiger partial charge in [0.25, 0.3) is 0 Å². The van der Waals surface area contributed by atoms with Crippen molar-refractivity contribution in [3.8, 4) is 0 Å². The van der Waals surface area contributed by atoms with Gasteiger partial charge < -0.3 is 15.2 Å². The Morgan fingerprint density at radius 1 is 1.12 bits per heavy atom. The average molecular weight is 339 g/mol. The van der Waals surface area contributed by atoms with Crippen molar-refractivity contribution in [2.45, 2.75) is 51.1 Å². The van der Waals surface area contributed by atoms with Gasteiger partial charge in [-0.05, 0) is 36.7 Å². The van der Waals surface area contributed by atoms with Crippen LogP contribution in [0, 0.1) is 5.92 Å². The number of fused-ring (bicyclic) bond motifs is 1. The van der Waals surface area contributed by atoms with E-state index in [0.29, 0.717) is 18.4 Å². The molecule has 0 bridgehead atoms. The Balaban J connectivity index is 1.22. The second-order valence-electron chi connectivity index (χ2n) is 7.07. The maximum absolute atomic E-state index is 12.1. The van der Waals surface area contributed by atoms with E-state index in [1.54, 1.807) is 0 Å². The number of nitrogens with zero attached hydrogens (tertiary/aromatic N) is 3. The molecule has 0 unspecified atom stereocenters. The van der Waals surface area contributed by atoms with Crippen LogP contribution in [0.5, 0.6) is 0 Å². The first-order chi connectivity index (χ1) is 12.3. The van der Waals surface area contributed by atoms with Gasteiger partial charge in [0.2, 0.25) is 0 Å². The molecule has 2 N–H and O–H groups in total. The first-order valence-electron chi connectivity index (χ1n) is 9.29. The number of aryl methyl sites for hydroxylation is 1. The second kappa shape index (κ2) is 7.25. The molecule has 6 heteroatoms. The molecule has 0 spiro atoms. The molecule has 2 aromatic rings. The largest absolute Gasteiger partial charge is 0.338 e. The van der Waals surface area contributed by atoms with Gasteiger partial charge in [-0.25, -0.2) is 4.79 Å². The fraction of sp³-hybridized carbons (Fsp3) is 0.526. The number of rotatable bonds is 5. The Morgan fingerprint density at radius 3 is 2.88 bits per heavy atom. The minimum Gasteiger partial charge on any atom is -0.338 e. The Morgan fingerprint density at radius 2 is 2.00 bits per heavy atom. The summed E-state index contributed by atoms with van der Waals surface area (Å²) < 4.78 is 2.17. The lowest BCUT2D eigenvalue weighted by Gasteiger charge is -2.09. The van der Waals surface area contributed by atoms with Crippen LogP contribution in [-0.2, 0) is 19.5 Å². The van der Waals surface area contributed by atoms with Gasteiger partial charge in [0, 0.05) is 19.5 Å². The van der Waals surface area contributed by atoms with Crippen LogP contribution in [0.25, 0.3) is 0 Å². The molecule has 2 amide bonds. The summed E-state index contributed by atoms with van der Waals surface area (Å²) in [6.07, 6.45) is 5.72. The van der Waals surface area contributed by atoms with Crippen LogP contribution in [0.1, 0.15) is 48.8 Å².